The summed E-state index contributed by atoms with van der Waals surface area (Å²) in [5.74, 6) is -0.194. The molecule has 2 heteroatoms. The van der Waals surface area contributed by atoms with Crippen LogP contribution in [0, 0.1) is 12.7 Å². The molecule has 0 saturated carbocycles. The summed E-state index contributed by atoms with van der Waals surface area (Å²) >= 11 is 0. The average molecular weight is 182 g/mol. The van der Waals surface area contributed by atoms with Crippen LogP contribution in [0.4, 0.5) is 4.39 Å². The van der Waals surface area contributed by atoms with Gasteiger partial charge in [-0.3, -0.25) is 0 Å². The molecule has 0 radical (unpaired) electrons. The van der Waals surface area contributed by atoms with Crippen LogP contribution in [0.25, 0.3) is 0 Å². The third-order valence-corrected chi connectivity index (χ3v) is 2.31. The molecule has 1 nitrogen and oxygen atoms in total. The lowest BCUT2D eigenvalue weighted by molar-refractivity contribution is 0.170. The highest BCUT2D eigenvalue weighted by Gasteiger charge is 2.07. The number of benzene rings is 1. The lowest BCUT2D eigenvalue weighted by atomic mass is 10.0. The van der Waals surface area contributed by atoms with Crippen LogP contribution >= 0.6 is 0 Å². The first kappa shape index (κ1) is 10.2. The van der Waals surface area contributed by atoms with Crippen molar-refractivity contribution in [3.05, 3.63) is 35.1 Å². The molecule has 0 saturated heterocycles. The van der Waals surface area contributed by atoms with E-state index in [4.69, 9.17) is 0 Å². The second kappa shape index (κ2) is 4.38. The Kier molecular flexibility index (Phi) is 3.43. The summed E-state index contributed by atoms with van der Waals surface area (Å²) < 4.78 is 13.1. The van der Waals surface area contributed by atoms with Crippen LogP contribution in [-0.4, -0.2) is 11.2 Å². The predicted molar refractivity (Wildman–Crippen MR) is 51.1 cm³/mol. The molecule has 0 heterocycles. The second-order valence-electron chi connectivity index (χ2n) is 3.29. The maximum absolute atomic E-state index is 13.1. The fourth-order valence-corrected chi connectivity index (χ4v) is 1.27. The van der Waals surface area contributed by atoms with Crippen LogP contribution in [0.1, 0.15) is 24.5 Å². The summed E-state index contributed by atoms with van der Waals surface area (Å²) in [7, 11) is 0. The van der Waals surface area contributed by atoms with Gasteiger partial charge >= 0.3 is 0 Å². The zero-order valence-electron chi connectivity index (χ0n) is 8.05. The van der Waals surface area contributed by atoms with E-state index >= 15 is 0 Å². The smallest absolute Gasteiger partial charge is 0.126 e. The van der Waals surface area contributed by atoms with Gasteiger partial charge < -0.3 is 5.11 Å². The minimum absolute atomic E-state index is 0.194. The molecule has 72 valence electrons. The first-order valence-electron chi connectivity index (χ1n) is 4.57. The van der Waals surface area contributed by atoms with Crippen molar-refractivity contribution >= 4 is 0 Å². The van der Waals surface area contributed by atoms with Crippen LogP contribution in [0.3, 0.4) is 0 Å². The molecule has 1 aromatic carbocycles. The second-order valence-corrected chi connectivity index (χ2v) is 3.29. The summed E-state index contributed by atoms with van der Waals surface area (Å²) in [5.41, 5.74) is 1.55. The minimum atomic E-state index is -0.361. The summed E-state index contributed by atoms with van der Waals surface area (Å²) in [6.45, 7) is 3.66. The molecule has 13 heavy (non-hydrogen) atoms. The normalized spacial score (nSPS) is 12.9. The molecule has 0 spiro atoms. The number of aliphatic hydroxyl groups is 1. The van der Waals surface area contributed by atoms with Gasteiger partial charge in [0.25, 0.3) is 0 Å². The fourth-order valence-electron chi connectivity index (χ4n) is 1.27. The van der Waals surface area contributed by atoms with Gasteiger partial charge in [0.2, 0.25) is 0 Å². The Morgan fingerprint density at radius 1 is 1.46 bits per heavy atom. The van der Waals surface area contributed by atoms with Crippen LogP contribution in [-0.2, 0) is 6.42 Å². The van der Waals surface area contributed by atoms with Crippen molar-refractivity contribution in [2.24, 2.45) is 0 Å². The van der Waals surface area contributed by atoms with Crippen LogP contribution in [0.15, 0.2) is 18.2 Å². The summed E-state index contributed by atoms with van der Waals surface area (Å²) in [5, 5.41) is 9.40. The van der Waals surface area contributed by atoms with Crippen molar-refractivity contribution in [2.45, 2.75) is 32.8 Å². The molecule has 0 amide bonds. The van der Waals surface area contributed by atoms with E-state index in [-0.39, 0.29) is 11.9 Å². The van der Waals surface area contributed by atoms with E-state index in [1.54, 1.807) is 13.0 Å². The van der Waals surface area contributed by atoms with Gasteiger partial charge in [0.15, 0.2) is 0 Å². The molecular formula is C11H15FO. The van der Waals surface area contributed by atoms with Gasteiger partial charge in [0.1, 0.15) is 5.82 Å². The van der Waals surface area contributed by atoms with E-state index in [2.05, 4.69) is 0 Å². The van der Waals surface area contributed by atoms with Crippen LogP contribution in [0.2, 0.25) is 0 Å². The van der Waals surface area contributed by atoms with Gasteiger partial charge in [0, 0.05) is 0 Å². The van der Waals surface area contributed by atoms with Crippen molar-refractivity contribution in [1.82, 2.24) is 0 Å². The van der Waals surface area contributed by atoms with Gasteiger partial charge in [-0.15, -0.1) is 0 Å². The van der Waals surface area contributed by atoms with Gasteiger partial charge in [-0.05, 0) is 37.0 Å². The number of aliphatic hydroxyl groups excluding tert-OH is 1. The summed E-state index contributed by atoms with van der Waals surface area (Å²) in [6, 6.07) is 4.98. The van der Waals surface area contributed by atoms with Gasteiger partial charge in [-0.25, -0.2) is 4.39 Å². The Balaban J connectivity index is 2.83. The van der Waals surface area contributed by atoms with Crippen molar-refractivity contribution in [3.8, 4) is 0 Å². The molecule has 1 unspecified atom stereocenters. The first-order chi connectivity index (χ1) is 6.15. The van der Waals surface area contributed by atoms with Crippen LogP contribution < -0.4 is 0 Å². The standard InChI is InChI=1S/C11H15FO/c1-3-10(13)7-9-5-4-6-11(12)8(9)2/h4-6,10,13H,3,7H2,1-2H3. The molecular weight excluding hydrogens is 167 g/mol. The average Bonchev–Trinajstić information content (AvgIpc) is 2.13. The van der Waals surface area contributed by atoms with E-state index in [1.807, 2.05) is 13.0 Å². The van der Waals surface area contributed by atoms with Gasteiger partial charge in [-0.1, -0.05) is 19.1 Å². The molecule has 0 bridgehead atoms. The third-order valence-electron chi connectivity index (χ3n) is 2.31. The SMILES string of the molecule is CCC(O)Cc1cccc(F)c1C. The highest BCUT2D eigenvalue weighted by atomic mass is 19.1. The number of hydrogen-bond donors (Lipinski definition) is 1. The molecule has 1 N–H and O–H groups in total. The zero-order chi connectivity index (χ0) is 9.84. The number of rotatable bonds is 3. The monoisotopic (exact) mass is 182 g/mol. The topological polar surface area (TPSA) is 20.2 Å². The van der Waals surface area contributed by atoms with Gasteiger partial charge in [-0.2, -0.15) is 0 Å². The first-order valence-corrected chi connectivity index (χ1v) is 4.57. The van der Waals surface area contributed by atoms with E-state index in [9.17, 15) is 9.50 Å². The fraction of sp³-hybridized carbons (Fsp3) is 0.455. The Morgan fingerprint density at radius 3 is 2.77 bits per heavy atom. The predicted octanol–water partition coefficient (Wildman–Crippen LogP) is 2.45. The highest BCUT2D eigenvalue weighted by molar-refractivity contribution is 5.27. The zero-order valence-corrected chi connectivity index (χ0v) is 8.05. The van der Waals surface area contributed by atoms with Crippen molar-refractivity contribution < 1.29 is 9.50 Å². The Hall–Kier alpha value is -0.890. The highest BCUT2D eigenvalue weighted by Crippen LogP contribution is 2.14. The van der Waals surface area contributed by atoms with Crippen molar-refractivity contribution in [1.29, 1.82) is 0 Å². The molecule has 1 aromatic rings. The lowest BCUT2D eigenvalue weighted by Gasteiger charge is -2.10. The number of hydrogen-bond acceptors (Lipinski definition) is 1. The molecule has 0 fully saturated rings. The van der Waals surface area contributed by atoms with Gasteiger partial charge in [0.05, 0.1) is 6.10 Å². The lowest BCUT2D eigenvalue weighted by Crippen LogP contribution is -2.09. The molecule has 1 rings (SSSR count). The van der Waals surface area contributed by atoms with E-state index < -0.39 is 0 Å². The van der Waals surface area contributed by atoms with E-state index in [1.165, 1.54) is 6.07 Å². The summed E-state index contributed by atoms with van der Waals surface area (Å²) in [6.07, 6.45) is 0.885. The van der Waals surface area contributed by atoms with Crippen LogP contribution in [0.5, 0.6) is 0 Å². The Labute approximate surface area is 78.2 Å². The molecule has 1 atom stereocenters. The minimum Gasteiger partial charge on any atom is -0.393 e. The largest absolute Gasteiger partial charge is 0.393 e. The van der Waals surface area contributed by atoms with Crippen molar-refractivity contribution in [2.75, 3.05) is 0 Å². The molecule has 0 aliphatic heterocycles. The quantitative estimate of drug-likeness (QED) is 0.761. The summed E-state index contributed by atoms with van der Waals surface area (Å²) in [4.78, 5) is 0. The number of halogens is 1. The third kappa shape index (κ3) is 2.52. The maximum atomic E-state index is 13.1. The Morgan fingerprint density at radius 2 is 2.15 bits per heavy atom. The van der Waals surface area contributed by atoms with Crippen molar-refractivity contribution in [3.63, 3.8) is 0 Å². The molecule has 0 aliphatic rings. The van der Waals surface area contributed by atoms with E-state index in [0.717, 1.165) is 5.56 Å². The Bertz CT molecular complexity index is 283. The molecule has 0 aromatic heterocycles. The van der Waals surface area contributed by atoms with E-state index in [0.29, 0.717) is 18.4 Å². The maximum Gasteiger partial charge on any atom is 0.126 e. The molecule has 0 aliphatic carbocycles.